The average Bonchev–Trinajstić information content (AvgIpc) is 2.84. The lowest BCUT2D eigenvalue weighted by Gasteiger charge is -2.30. The monoisotopic (exact) mass is 460 g/mol. The van der Waals surface area contributed by atoms with Gasteiger partial charge in [0.05, 0.1) is 0 Å². The van der Waals surface area contributed by atoms with Gasteiger partial charge in [-0.25, -0.2) is 4.79 Å². The van der Waals surface area contributed by atoms with E-state index in [0.29, 0.717) is 12.0 Å². The molecule has 0 heterocycles. The van der Waals surface area contributed by atoms with E-state index in [-0.39, 0.29) is 11.0 Å². The summed E-state index contributed by atoms with van der Waals surface area (Å²) in [5.74, 6) is -1.17. The highest BCUT2D eigenvalue weighted by molar-refractivity contribution is 5.92. The molecule has 1 aliphatic rings. The molecule has 0 fully saturated rings. The first-order chi connectivity index (χ1) is 16.9. The second kappa shape index (κ2) is 10.3. The second-order valence-corrected chi connectivity index (χ2v) is 9.49. The van der Waals surface area contributed by atoms with Crippen LogP contribution in [0, 0.1) is 16.7 Å². The Morgan fingerprint density at radius 3 is 1.91 bits per heavy atom. The SMILES string of the molecule is CC1(C)CC(/C=C/c2ccc(N(c3ccccc3)c3ccccc3)cc2)=CC(=C(\C#N)C(=O)O)/C1. The average molecular weight is 461 g/mol. The quantitative estimate of drug-likeness (QED) is 0.301. The maximum Gasteiger partial charge on any atom is 0.346 e. The van der Waals surface area contributed by atoms with Crippen molar-refractivity contribution in [3.05, 3.63) is 119 Å². The molecule has 0 bridgehead atoms. The number of carboxylic acids is 1. The summed E-state index contributed by atoms with van der Waals surface area (Å²) in [7, 11) is 0. The van der Waals surface area contributed by atoms with Gasteiger partial charge in [0.1, 0.15) is 11.6 Å². The molecular weight excluding hydrogens is 432 g/mol. The normalized spacial score (nSPS) is 16.3. The highest BCUT2D eigenvalue weighted by atomic mass is 16.4. The van der Waals surface area contributed by atoms with Gasteiger partial charge in [-0.2, -0.15) is 5.26 Å². The van der Waals surface area contributed by atoms with Crippen LogP contribution < -0.4 is 4.90 Å². The Kier molecular flexibility index (Phi) is 6.98. The third-order valence-corrected chi connectivity index (χ3v) is 6.03. The lowest BCUT2D eigenvalue weighted by molar-refractivity contribution is -0.132. The van der Waals surface area contributed by atoms with Crippen molar-refractivity contribution in [2.24, 2.45) is 5.41 Å². The fraction of sp³-hybridized carbons (Fsp3) is 0.161. The van der Waals surface area contributed by atoms with Gasteiger partial charge in [0.2, 0.25) is 0 Å². The number of anilines is 3. The number of allylic oxidation sites excluding steroid dienone is 4. The van der Waals surface area contributed by atoms with Gasteiger partial charge < -0.3 is 10.0 Å². The molecule has 0 aliphatic heterocycles. The molecule has 3 aromatic rings. The molecule has 4 nitrogen and oxygen atoms in total. The maximum atomic E-state index is 11.5. The number of carboxylic acid groups (broad SMARTS) is 1. The third-order valence-electron chi connectivity index (χ3n) is 6.03. The fourth-order valence-corrected chi connectivity index (χ4v) is 4.52. The van der Waals surface area contributed by atoms with Crippen LogP contribution in [0.4, 0.5) is 17.1 Å². The van der Waals surface area contributed by atoms with E-state index in [2.05, 4.69) is 67.3 Å². The summed E-state index contributed by atoms with van der Waals surface area (Å²) in [4.78, 5) is 13.7. The van der Waals surface area contributed by atoms with Crippen LogP contribution in [0.25, 0.3) is 6.08 Å². The number of aliphatic carboxylic acids is 1. The molecule has 35 heavy (non-hydrogen) atoms. The summed E-state index contributed by atoms with van der Waals surface area (Å²) < 4.78 is 0. The van der Waals surface area contributed by atoms with E-state index in [4.69, 9.17) is 0 Å². The largest absolute Gasteiger partial charge is 0.477 e. The number of hydrogen-bond donors (Lipinski definition) is 1. The molecule has 0 radical (unpaired) electrons. The lowest BCUT2D eigenvalue weighted by Crippen LogP contribution is -2.19. The summed E-state index contributed by atoms with van der Waals surface area (Å²) >= 11 is 0. The smallest absolute Gasteiger partial charge is 0.346 e. The van der Waals surface area contributed by atoms with Gasteiger partial charge in [-0.15, -0.1) is 0 Å². The number of nitriles is 1. The van der Waals surface area contributed by atoms with E-state index >= 15 is 0 Å². The van der Waals surface area contributed by atoms with Crippen molar-refractivity contribution in [2.45, 2.75) is 26.7 Å². The van der Waals surface area contributed by atoms with Crippen LogP contribution in [0.3, 0.4) is 0 Å². The minimum atomic E-state index is -1.17. The van der Waals surface area contributed by atoms with E-state index in [1.807, 2.05) is 60.7 Å². The maximum absolute atomic E-state index is 11.5. The standard InChI is InChI=1S/C31H28N2O2/c1-31(2)20-24(19-25(21-31)29(22-32)30(34)35)14-13-23-15-17-28(18-16-23)33(26-9-5-3-6-10-26)27-11-7-4-8-12-27/h3-19H,20-21H2,1-2H3,(H,34,35)/b14-13+,29-25-. The van der Waals surface area contributed by atoms with Gasteiger partial charge in [0, 0.05) is 17.1 Å². The number of carbonyl (C=O) groups is 1. The van der Waals surface area contributed by atoms with Crippen molar-refractivity contribution in [3.8, 4) is 6.07 Å². The van der Waals surface area contributed by atoms with Gasteiger partial charge in [-0.1, -0.05) is 80.6 Å². The first kappa shape index (κ1) is 23.8. The fourth-order valence-electron chi connectivity index (χ4n) is 4.52. The van der Waals surface area contributed by atoms with Crippen molar-refractivity contribution in [1.29, 1.82) is 5.26 Å². The van der Waals surface area contributed by atoms with Crippen molar-refractivity contribution < 1.29 is 9.90 Å². The molecule has 0 saturated heterocycles. The van der Waals surface area contributed by atoms with Crippen LogP contribution >= 0.6 is 0 Å². The number of benzene rings is 3. The number of hydrogen-bond acceptors (Lipinski definition) is 3. The molecule has 1 N–H and O–H groups in total. The minimum Gasteiger partial charge on any atom is -0.477 e. The van der Waals surface area contributed by atoms with Crippen molar-refractivity contribution >= 4 is 29.1 Å². The van der Waals surface area contributed by atoms with Crippen LogP contribution in [-0.2, 0) is 4.79 Å². The van der Waals surface area contributed by atoms with Crippen LogP contribution in [0.2, 0.25) is 0 Å². The number of nitrogens with zero attached hydrogens (tertiary/aromatic N) is 2. The molecule has 3 aromatic carbocycles. The van der Waals surface area contributed by atoms with Crippen LogP contribution in [0.5, 0.6) is 0 Å². The van der Waals surface area contributed by atoms with Gasteiger partial charge in [0.15, 0.2) is 0 Å². The molecule has 0 aromatic heterocycles. The predicted molar refractivity (Wildman–Crippen MR) is 142 cm³/mol. The predicted octanol–water partition coefficient (Wildman–Crippen LogP) is 7.82. The summed E-state index contributed by atoms with van der Waals surface area (Å²) in [5, 5.41) is 18.7. The Balaban J connectivity index is 1.62. The van der Waals surface area contributed by atoms with Crippen LogP contribution in [0.15, 0.2) is 114 Å². The molecule has 0 amide bonds. The van der Waals surface area contributed by atoms with Gasteiger partial charge in [0.25, 0.3) is 0 Å². The third kappa shape index (κ3) is 5.77. The highest BCUT2D eigenvalue weighted by Gasteiger charge is 2.28. The van der Waals surface area contributed by atoms with E-state index in [0.717, 1.165) is 34.6 Å². The zero-order valence-corrected chi connectivity index (χ0v) is 20.0. The molecule has 174 valence electrons. The Morgan fingerprint density at radius 2 is 1.40 bits per heavy atom. The molecule has 1 aliphatic carbocycles. The van der Waals surface area contributed by atoms with Crippen molar-refractivity contribution in [3.63, 3.8) is 0 Å². The van der Waals surface area contributed by atoms with E-state index in [1.165, 1.54) is 0 Å². The molecule has 0 unspecified atom stereocenters. The summed E-state index contributed by atoms with van der Waals surface area (Å²) in [5.41, 5.74) is 5.60. The molecule has 0 spiro atoms. The Bertz CT molecular complexity index is 1290. The highest BCUT2D eigenvalue weighted by Crippen LogP contribution is 2.40. The van der Waals surface area contributed by atoms with Crippen molar-refractivity contribution in [2.75, 3.05) is 4.90 Å². The van der Waals surface area contributed by atoms with Crippen molar-refractivity contribution in [1.82, 2.24) is 0 Å². The zero-order chi connectivity index (χ0) is 24.8. The Morgan fingerprint density at radius 1 is 0.857 bits per heavy atom. The molecule has 0 saturated carbocycles. The van der Waals surface area contributed by atoms with E-state index in [1.54, 1.807) is 0 Å². The van der Waals surface area contributed by atoms with Crippen LogP contribution in [0.1, 0.15) is 32.3 Å². The minimum absolute atomic E-state index is 0.114. The second-order valence-electron chi connectivity index (χ2n) is 9.49. The van der Waals surface area contributed by atoms with E-state index in [9.17, 15) is 15.2 Å². The molecule has 0 atom stereocenters. The lowest BCUT2D eigenvalue weighted by atomic mass is 9.74. The van der Waals surface area contributed by atoms with Gasteiger partial charge in [-0.3, -0.25) is 0 Å². The Hall–Kier alpha value is -4.36. The Labute approximate surface area is 206 Å². The molecule has 4 rings (SSSR count). The molecular formula is C31H28N2O2. The molecule has 4 heteroatoms. The summed E-state index contributed by atoms with van der Waals surface area (Å²) in [6.45, 7) is 4.20. The number of para-hydroxylation sites is 2. The summed E-state index contributed by atoms with van der Waals surface area (Å²) in [6.07, 6.45) is 7.31. The summed E-state index contributed by atoms with van der Waals surface area (Å²) in [6, 6.07) is 30.7. The topological polar surface area (TPSA) is 64.3 Å². The number of rotatable bonds is 6. The van der Waals surface area contributed by atoms with Crippen LogP contribution in [-0.4, -0.2) is 11.1 Å². The van der Waals surface area contributed by atoms with Gasteiger partial charge in [-0.05, 0) is 71.4 Å². The first-order valence-corrected chi connectivity index (χ1v) is 11.6. The first-order valence-electron chi connectivity index (χ1n) is 11.6. The van der Waals surface area contributed by atoms with E-state index < -0.39 is 5.97 Å². The zero-order valence-electron chi connectivity index (χ0n) is 20.0. The van der Waals surface area contributed by atoms with Gasteiger partial charge >= 0.3 is 5.97 Å².